The van der Waals surface area contributed by atoms with E-state index in [0.717, 1.165) is 36.7 Å². The number of aryl methyl sites for hydroxylation is 1. The van der Waals surface area contributed by atoms with E-state index in [9.17, 15) is 5.11 Å². The first kappa shape index (κ1) is 24.8. The molecule has 0 aliphatic heterocycles. The first-order valence-corrected chi connectivity index (χ1v) is 13.4. The van der Waals surface area contributed by atoms with E-state index in [1.165, 1.54) is 89.0 Å². The highest BCUT2D eigenvalue weighted by Gasteiger charge is 2.31. The van der Waals surface area contributed by atoms with Crippen LogP contribution in [0.15, 0.2) is 24.3 Å². The minimum Gasteiger partial charge on any atom is -0.396 e. The molecule has 0 amide bonds. The SMILES string of the molecule is CCCCCc1ccc(C2CCC(C3CCC(CC(CO)CCOC)CC3)CC2)cc1. The normalized spacial score (nSPS) is 27.8. The molecule has 3 rings (SSSR count). The van der Waals surface area contributed by atoms with Gasteiger partial charge in [-0.15, -0.1) is 0 Å². The van der Waals surface area contributed by atoms with Gasteiger partial charge < -0.3 is 9.84 Å². The maximum absolute atomic E-state index is 9.67. The molecule has 2 aliphatic carbocycles. The number of methoxy groups -OCH3 is 1. The molecular formula is C29H48O2. The highest BCUT2D eigenvalue weighted by molar-refractivity contribution is 5.26. The Morgan fingerprint density at radius 3 is 2.13 bits per heavy atom. The van der Waals surface area contributed by atoms with Gasteiger partial charge in [0, 0.05) is 20.3 Å². The fourth-order valence-corrected chi connectivity index (χ4v) is 6.39. The molecule has 2 heteroatoms. The van der Waals surface area contributed by atoms with Crippen molar-refractivity contribution in [3.8, 4) is 0 Å². The molecule has 176 valence electrons. The number of rotatable bonds is 12. The topological polar surface area (TPSA) is 29.5 Å². The number of unbranched alkanes of at least 4 members (excludes halogenated alkanes) is 2. The van der Waals surface area contributed by atoms with Crippen LogP contribution >= 0.6 is 0 Å². The summed E-state index contributed by atoms with van der Waals surface area (Å²) < 4.78 is 5.21. The second-order valence-corrected chi connectivity index (χ2v) is 10.7. The lowest BCUT2D eigenvalue weighted by atomic mass is 9.67. The van der Waals surface area contributed by atoms with Gasteiger partial charge in [0.05, 0.1) is 0 Å². The van der Waals surface area contributed by atoms with Gasteiger partial charge >= 0.3 is 0 Å². The lowest BCUT2D eigenvalue weighted by Gasteiger charge is -2.38. The Hall–Kier alpha value is -0.860. The third-order valence-corrected chi connectivity index (χ3v) is 8.51. The molecule has 1 aromatic carbocycles. The van der Waals surface area contributed by atoms with Crippen molar-refractivity contribution in [2.45, 2.75) is 103 Å². The summed E-state index contributed by atoms with van der Waals surface area (Å²) in [5.41, 5.74) is 3.11. The predicted molar refractivity (Wildman–Crippen MR) is 132 cm³/mol. The molecule has 0 bridgehead atoms. The number of benzene rings is 1. The molecule has 2 fully saturated rings. The molecule has 0 spiro atoms. The fraction of sp³-hybridized carbons (Fsp3) is 0.793. The van der Waals surface area contributed by atoms with E-state index in [4.69, 9.17) is 4.74 Å². The third-order valence-electron chi connectivity index (χ3n) is 8.51. The minimum atomic E-state index is 0.326. The maximum Gasteiger partial charge on any atom is 0.0465 e. The zero-order valence-corrected chi connectivity index (χ0v) is 20.4. The van der Waals surface area contributed by atoms with Crippen LogP contribution in [0.4, 0.5) is 0 Å². The monoisotopic (exact) mass is 428 g/mol. The number of hydrogen-bond acceptors (Lipinski definition) is 2. The largest absolute Gasteiger partial charge is 0.396 e. The van der Waals surface area contributed by atoms with Gasteiger partial charge in [0.1, 0.15) is 0 Å². The summed E-state index contributed by atoms with van der Waals surface area (Å²) in [4.78, 5) is 0. The zero-order valence-electron chi connectivity index (χ0n) is 20.4. The lowest BCUT2D eigenvalue weighted by Crippen LogP contribution is -2.26. The smallest absolute Gasteiger partial charge is 0.0465 e. The van der Waals surface area contributed by atoms with Gasteiger partial charge in [-0.2, -0.15) is 0 Å². The summed E-state index contributed by atoms with van der Waals surface area (Å²) in [5, 5.41) is 9.67. The van der Waals surface area contributed by atoms with Gasteiger partial charge in [0.2, 0.25) is 0 Å². The van der Waals surface area contributed by atoms with E-state index in [1.54, 1.807) is 12.7 Å². The number of hydrogen-bond donors (Lipinski definition) is 1. The van der Waals surface area contributed by atoms with Crippen molar-refractivity contribution in [3.63, 3.8) is 0 Å². The van der Waals surface area contributed by atoms with Gasteiger partial charge in [-0.3, -0.25) is 0 Å². The van der Waals surface area contributed by atoms with Gasteiger partial charge in [-0.05, 0) is 105 Å². The van der Waals surface area contributed by atoms with E-state index in [1.807, 2.05) is 0 Å². The second-order valence-electron chi connectivity index (χ2n) is 10.7. The van der Waals surface area contributed by atoms with Crippen molar-refractivity contribution in [2.24, 2.45) is 23.7 Å². The Bertz CT molecular complexity index is 579. The second kappa shape index (κ2) is 13.6. The van der Waals surface area contributed by atoms with Gasteiger partial charge in [0.25, 0.3) is 0 Å². The summed E-state index contributed by atoms with van der Waals surface area (Å²) in [6.45, 7) is 3.39. The van der Waals surface area contributed by atoms with Crippen LogP contribution in [0, 0.1) is 23.7 Å². The highest BCUT2D eigenvalue weighted by Crippen LogP contribution is 2.44. The van der Waals surface area contributed by atoms with E-state index in [-0.39, 0.29) is 0 Å². The molecule has 31 heavy (non-hydrogen) atoms. The summed E-state index contributed by atoms with van der Waals surface area (Å²) in [6.07, 6.45) is 18.7. The van der Waals surface area contributed by atoms with Crippen LogP contribution in [-0.4, -0.2) is 25.4 Å². The Morgan fingerprint density at radius 1 is 0.903 bits per heavy atom. The summed E-state index contributed by atoms with van der Waals surface area (Å²) in [7, 11) is 1.76. The van der Waals surface area contributed by atoms with Crippen LogP contribution in [0.5, 0.6) is 0 Å². The number of ether oxygens (including phenoxy) is 1. The quantitative estimate of drug-likeness (QED) is 0.348. The molecule has 2 nitrogen and oxygen atoms in total. The van der Waals surface area contributed by atoms with Gasteiger partial charge in [0.15, 0.2) is 0 Å². The highest BCUT2D eigenvalue weighted by atomic mass is 16.5. The van der Waals surface area contributed by atoms with Crippen LogP contribution in [0.1, 0.15) is 107 Å². The van der Waals surface area contributed by atoms with Crippen molar-refractivity contribution in [1.82, 2.24) is 0 Å². The van der Waals surface area contributed by atoms with Crippen molar-refractivity contribution < 1.29 is 9.84 Å². The van der Waals surface area contributed by atoms with Crippen molar-refractivity contribution in [1.29, 1.82) is 0 Å². The maximum atomic E-state index is 9.67. The molecular weight excluding hydrogens is 380 g/mol. The van der Waals surface area contributed by atoms with Gasteiger partial charge in [-0.25, -0.2) is 0 Å². The Balaban J connectivity index is 1.37. The Morgan fingerprint density at radius 2 is 1.55 bits per heavy atom. The summed E-state index contributed by atoms with van der Waals surface area (Å²) in [5.74, 6) is 3.99. The Kier molecular flexibility index (Phi) is 10.9. The molecule has 2 saturated carbocycles. The lowest BCUT2D eigenvalue weighted by molar-refractivity contribution is 0.111. The first-order chi connectivity index (χ1) is 15.2. The Labute approximate surface area is 192 Å². The van der Waals surface area contributed by atoms with E-state index in [0.29, 0.717) is 12.5 Å². The predicted octanol–water partition coefficient (Wildman–Crippen LogP) is 7.53. The number of aliphatic hydroxyl groups is 1. The average molecular weight is 429 g/mol. The molecule has 1 atom stereocenters. The first-order valence-electron chi connectivity index (χ1n) is 13.4. The average Bonchev–Trinajstić information content (AvgIpc) is 2.83. The summed E-state index contributed by atoms with van der Waals surface area (Å²) >= 11 is 0. The van der Waals surface area contributed by atoms with Crippen molar-refractivity contribution in [3.05, 3.63) is 35.4 Å². The molecule has 1 N–H and O–H groups in total. The molecule has 1 aromatic rings. The molecule has 0 heterocycles. The molecule has 0 aromatic heterocycles. The standard InChI is InChI=1S/C29H48O2/c1-3-4-5-6-23-7-11-26(12-8-23)28-15-17-29(18-16-28)27-13-9-24(10-14-27)21-25(22-30)19-20-31-2/h7-8,11-12,24-25,27-30H,3-6,9-10,13-22H2,1-2H3. The van der Waals surface area contributed by atoms with E-state index >= 15 is 0 Å². The zero-order chi connectivity index (χ0) is 21.9. The van der Waals surface area contributed by atoms with Crippen LogP contribution in [0.3, 0.4) is 0 Å². The summed E-state index contributed by atoms with van der Waals surface area (Å²) in [6, 6.07) is 9.65. The van der Waals surface area contributed by atoms with Gasteiger partial charge in [-0.1, -0.05) is 56.9 Å². The van der Waals surface area contributed by atoms with E-state index < -0.39 is 0 Å². The fourth-order valence-electron chi connectivity index (χ4n) is 6.39. The minimum absolute atomic E-state index is 0.326. The molecule has 1 unspecified atom stereocenters. The van der Waals surface area contributed by atoms with E-state index in [2.05, 4.69) is 31.2 Å². The van der Waals surface area contributed by atoms with Crippen molar-refractivity contribution in [2.75, 3.05) is 20.3 Å². The number of aliphatic hydroxyl groups excluding tert-OH is 1. The van der Waals surface area contributed by atoms with Crippen LogP contribution in [0.25, 0.3) is 0 Å². The van der Waals surface area contributed by atoms with Crippen molar-refractivity contribution >= 4 is 0 Å². The molecule has 0 saturated heterocycles. The third kappa shape index (κ3) is 7.90. The van der Waals surface area contributed by atoms with Crippen LogP contribution < -0.4 is 0 Å². The van der Waals surface area contributed by atoms with Crippen LogP contribution in [-0.2, 0) is 11.2 Å². The van der Waals surface area contributed by atoms with Crippen LogP contribution in [0.2, 0.25) is 0 Å². The molecule has 0 radical (unpaired) electrons. The molecule has 2 aliphatic rings.